The van der Waals surface area contributed by atoms with Gasteiger partial charge in [-0.1, -0.05) is 0 Å². The normalized spacial score (nSPS) is 11.6. The van der Waals surface area contributed by atoms with Crippen LogP contribution in [-0.4, -0.2) is 22.4 Å². The van der Waals surface area contributed by atoms with Gasteiger partial charge in [0, 0.05) is 27.8 Å². The second-order valence-corrected chi connectivity index (χ2v) is 9.86. The van der Waals surface area contributed by atoms with Crippen LogP contribution in [0.25, 0.3) is 44.3 Å². The van der Waals surface area contributed by atoms with Crippen molar-refractivity contribution < 1.29 is 80.6 Å². The van der Waals surface area contributed by atoms with Crippen LogP contribution in [0, 0.1) is 101 Å². The molecular weight excluding hydrogens is 694 g/mol. The molecule has 20 heteroatoms. The Morgan fingerprint density at radius 3 is 1.04 bits per heavy atom. The fourth-order valence-corrected chi connectivity index (χ4v) is 5.11. The lowest BCUT2D eigenvalue weighted by Gasteiger charge is -2.24. The minimum Gasteiger partial charge on any atom is -0.511 e. The Balaban J connectivity index is 2.33. The molecule has 0 fully saturated rings. The highest BCUT2D eigenvalue weighted by Gasteiger charge is 2.41. The van der Waals surface area contributed by atoms with Gasteiger partial charge in [0.25, 0.3) is 0 Å². The maximum Gasteiger partial charge on any atom is 0.707 e. The molecule has 1 aromatic heterocycles. The van der Waals surface area contributed by atoms with E-state index in [-0.39, 0.29) is 11.3 Å². The number of benzene rings is 4. The molecule has 0 aliphatic rings. The summed E-state index contributed by atoms with van der Waals surface area (Å²) in [7, 11) is -3.22. The molecule has 0 radical (unpaired) electrons. The van der Waals surface area contributed by atoms with E-state index in [0.717, 1.165) is 13.8 Å². The van der Waals surface area contributed by atoms with Crippen LogP contribution >= 0.6 is 0 Å². The molecule has 3 N–H and O–H groups in total. The topological polar surface area (TPSA) is 65.5 Å². The molecule has 5 aromatic rings. The predicted octanol–water partition coefficient (Wildman–Crippen LogP) is 8.22. The first-order chi connectivity index (χ1) is 22.3. The number of rotatable bonds is 5. The van der Waals surface area contributed by atoms with E-state index in [9.17, 15) is 49.6 Å². The molecular formula is C28H9BF15NO3. The summed E-state index contributed by atoms with van der Waals surface area (Å²) in [5.41, 5.74) is -15.1. The van der Waals surface area contributed by atoms with E-state index in [2.05, 4.69) is 9.64 Å². The van der Waals surface area contributed by atoms with Gasteiger partial charge in [-0.25, -0.2) is 65.9 Å². The van der Waals surface area contributed by atoms with Gasteiger partial charge < -0.3 is 19.7 Å². The van der Waals surface area contributed by atoms with E-state index in [1.807, 2.05) is 0 Å². The zero-order valence-corrected chi connectivity index (χ0v) is 23.0. The molecule has 1 heterocycles. The van der Waals surface area contributed by atoms with E-state index < -0.39 is 145 Å². The fraction of sp³-hybridized carbons (Fsp3) is 0.0714. The van der Waals surface area contributed by atoms with Gasteiger partial charge in [0.05, 0.1) is 22.2 Å². The van der Waals surface area contributed by atoms with E-state index in [0.29, 0.717) is 0 Å². The number of hydrogen-bond donors (Lipinski definition) is 3. The number of aromatic nitrogens is 1. The average Bonchev–Trinajstić information content (AvgIpc) is 3.34. The molecule has 0 saturated heterocycles. The van der Waals surface area contributed by atoms with Gasteiger partial charge in [0.15, 0.2) is 69.8 Å². The summed E-state index contributed by atoms with van der Waals surface area (Å²) >= 11 is 0. The molecule has 0 aliphatic heterocycles. The van der Waals surface area contributed by atoms with Crippen molar-refractivity contribution in [2.24, 2.45) is 0 Å². The van der Waals surface area contributed by atoms with E-state index in [1.165, 1.54) is 0 Å². The van der Waals surface area contributed by atoms with Crippen LogP contribution in [-0.2, 0) is 0 Å². The van der Waals surface area contributed by atoms with Crippen LogP contribution in [0.15, 0.2) is 0 Å². The summed E-state index contributed by atoms with van der Waals surface area (Å²) in [4.78, 5) is 2.23. The Labute approximate surface area is 255 Å². The quantitative estimate of drug-likeness (QED) is 0.0749. The van der Waals surface area contributed by atoms with Crippen molar-refractivity contribution in [3.63, 3.8) is 0 Å². The van der Waals surface area contributed by atoms with Crippen molar-refractivity contribution in [3.8, 4) is 39.1 Å². The monoisotopic (exact) mass is 703 g/mol. The maximum atomic E-state index is 15.5. The molecule has 4 nitrogen and oxygen atoms in total. The van der Waals surface area contributed by atoms with Gasteiger partial charge in [0.2, 0.25) is 17.5 Å². The van der Waals surface area contributed by atoms with Gasteiger partial charge in [-0.3, -0.25) is 0 Å². The van der Waals surface area contributed by atoms with E-state index >= 15 is 26.3 Å². The number of hydrogen-bond acceptors (Lipinski definition) is 3. The summed E-state index contributed by atoms with van der Waals surface area (Å²) < 4.78 is 227. The second kappa shape index (κ2) is 11.7. The standard InChI is InChI=1S/C28H9BF15NO3/c1-3-4(2)45-27-5(3)28(48-29(46)47)8(11-16(34)22(40)26(44)23(41)17(11)35)6(9-12(30)18(36)24(42)19(37)13(9)31)7(27)10-14(32)20(38)25(43)21(39)15(10)33/h45-47H,1-2H3. The average molecular weight is 703 g/mol. The summed E-state index contributed by atoms with van der Waals surface area (Å²) in [5.74, 6) is -45.1. The van der Waals surface area contributed by atoms with Gasteiger partial charge in [-0.05, 0) is 19.4 Å². The highest BCUT2D eigenvalue weighted by Crippen LogP contribution is 2.55. The first-order valence-electron chi connectivity index (χ1n) is 12.5. The lowest BCUT2D eigenvalue weighted by atomic mass is 9.82. The minimum atomic E-state index is -3.22. The zero-order chi connectivity index (χ0) is 36.0. The number of aromatic amines is 1. The van der Waals surface area contributed by atoms with Gasteiger partial charge in [0.1, 0.15) is 5.75 Å². The minimum absolute atomic E-state index is 0.273. The molecule has 48 heavy (non-hydrogen) atoms. The zero-order valence-electron chi connectivity index (χ0n) is 23.0. The third-order valence-electron chi connectivity index (χ3n) is 7.31. The van der Waals surface area contributed by atoms with Crippen LogP contribution in [0.3, 0.4) is 0 Å². The van der Waals surface area contributed by atoms with Crippen LogP contribution in [0.5, 0.6) is 5.75 Å². The molecule has 252 valence electrons. The molecule has 0 atom stereocenters. The molecule has 0 saturated carbocycles. The first-order valence-corrected chi connectivity index (χ1v) is 12.5. The van der Waals surface area contributed by atoms with Gasteiger partial charge >= 0.3 is 7.32 Å². The highest BCUT2D eigenvalue weighted by atomic mass is 19.2. The third-order valence-corrected chi connectivity index (χ3v) is 7.31. The van der Waals surface area contributed by atoms with E-state index in [1.54, 1.807) is 0 Å². The molecule has 0 spiro atoms. The molecule has 0 bridgehead atoms. The lowest BCUT2D eigenvalue weighted by Crippen LogP contribution is -2.22. The third kappa shape index (κ3) is 4.67. The summed E-state index contributed by atoms with van der Waals surface area (Å²) in [6.07, 6.45) is 0. The van der Waals surface area contributed by atoms with Crippen LogP contribution in [0.1, 0.15) is 11.3 Å². The largest absolute Gasteiger partial charge is 0.707 e. The number of aryl methyl sites for hydroxylation is 2. The lowest BCUT2D eigenvalue weighted by molar-refractivity contribution is 0.290. The molecule has 5 rings (SSSR count). The Morgan fingerprint density at radius 1 is 0.417 bits per heavy atom. The fourth-order valence-electron chi connectivity index (χ4n) is 5.11. The van der Waals surface area contributed by atoms with Crippen molar-refractivity contribution in [3.05, 3.63) is 98.5 Å². The number of H-pyrrole nitrogens is 1. The summed E-state index contributed by atoms with van der Waals surface area (Å²) in [6.45, 7) is 2.06. The number of fused-ring (bicyclic) bond motifs is 1. The second-order valence-electron chi connectivity index (χ2n) is 9.86. The SMILES string of the molecule is Cc1[nH]c2c(-c3c(F)c(F)c(F)c(F)c3F)c(-c3c(F)c(F)c(F)c(F)c3F)c(-c3c(F)c(F)c(F)c(F)c3F)c(OB(O)O)c2c1C. The summed E-state index contributed by atoms with van der Waals surface area (Å²) in [6, 6.07) is 0. The Bertz CT molecular complexity index is 2150. The number of nitrogens with one attached hydrogen (secondary N) is 1. The van der Waals surface area contributed by atoms with Gasteiger partial charge in [-0.2, -0.15) is 0 Å². The Kier molecular flexibility index (Phi) is 8.40. The van der Waals surface area contributed by atoms with Crippen molar-refractivity contribution in [2.75, 3.05) is 0 Å². The van der Waals surface area contributed by atoms with Crippen LogP contribution in [0.4, 0.5) is 65.9 Å². The highest BCUT2D eigenvalue weighted by molar-refractivity contribution is 6.35. The molecule has 0 amide bonds. The van der Waals surface area contributed by atoms with E-state index in [4.69, 9.17) is 0 Å². The number of halogens is 15. The Morgan fingerprint density at radius 2 is 0.708 bits per heavy atom. The van der Waals surface area contributed by atoms with Crippen molar-refractivity contribution in [1.82, 2.24) is 4.98 Å². The summed E-state index contributed by atoms with van der Waals surface area (Å²) in [5, 5.41) is 18.3. The van der Waals surface area contributed by atoms with Crippen molar-refractivity contribution >= 4 is 18.2 Å². The van der Waals surface area contributed by atoms with Crippen molar-refractivity contribution in [2.45, 2.75) is 13.8 Å². The predicted molar refractivity (Wildman–Crippen MR) is 134 cm³/mol. The first kappa shape index (κ1) is 34.5. The van der Waals surface area contributed by atoms with Crippen LogP contribution in [0.2, 0.25) is 0 Å². The molecule has 0 unspecified atom stereocenters. The maximum absolute atomic E-state index is 15.5. The van der Waals surface area contributed by atoms with Crippen molar-refractivity contribution in [1.29, 1.82) is 0 Å². The van der Waals surface area contributed by atoms with Crippen LogP contribution < -0.4 is 4.65 Å². The molecule has 0 aliphatic carbocycles. The van der Waals surface area contributed by atoms with Gasteiger partial charge in [-0.15, -0.1) is 0 Å². The smallest absolute Gasteiger partial charge is 0.511 e. The Hall–Kier alpha value is -4.85. The molecule has 4 aromatic carbocycles.